The zero-order valence-electron chi connectivity index (χ0n) is 11.5. The Bertz CT molecular complexity index is 588. The molecule has 2 aromatic rings. The number of ether oxygens (including phenoxy) is 1. The van der Waals surface area contributed by atoms with Crippen LogP contribution in [0.5, 0.6) is 5.75 Å². The zero-order valence-corrected chi connectivity index (χ0v) is 12.2. The van der Waals surface area contributed by atoms with E-state index in [9.17, 15) is 4.39 Å². The van der Waals surface area contributed by atoms with Crippen molar-refractivity contribution in [1.29, 1.82) is 0 Å². The first-order valence-corrected chi connectivity index (χ1v) is 6.80. The van der Waals surface area contributed by atoms with Crippen molar-refractivity contribution in [3.05, 3.63) is 64.4 Å². The summed E-state index contributed by atoms with van der Waals surface area (Å²) in [6.07, 6.45) is 0. The number of halogens is 2. The van der Waals surface area contributed by atoms with Crippen LogP contribution in [0, 0.1) is 5.82 Å². The lowest BCUT2D eigenvalue weighted by molar-refractivity contribution is 0.406. The van der Waals surface area contributed by atoms with Crippen molar-refractivity contribution in [2.45, 2.75) is 19.5 Å². The zero-order chi connectivity index (χ0) is 14.5. The van der Waals surface area contributed by atoms with Crippen LogP contribution < -0.4 is 10.1 Å². The highest BCUT2D eigenvalue weighted by Crippen LogP contribution is 2.22. The number of benzene rings is 2. The highest BCUT2D eigenvalue weighted by molar-refractivity contribution is 6.30. The molecule has 4 heteroatoms. The van der Waals surface area contributed by atoms with Crippen LogP contribution in [-0.4, -0.2) is 7.11 Å². The van der Waals surface area contributed by atoms with Crippen molar-refractivity contribution < 1.29 is 9.13 Å². The second kappa shape index (κ2) is 6.73. The summed E-state index contributed by atoms with van der Waals surface area (Å²) < 4.78 is 18.5. The number of rotatable bonds is 5. The van der Waals surface area contributed by atoms with E-state index in [0.29, 0.717) is 6.54 Å². The molecule has 0 aromatic heterocycles. The molecule has 0 radical (unpaired) electrons. The van der Waals surface area contributed by atoms with Crippen molar-refractivity contribution >= 4 is 11.6 Å². The second-order valence-corrected chi connectivity index (χ2v) is 5.00. The van der Waals surface area contributed by atoms with Gasteiger partial charge in [0.15, 0.2) is 0 Å². The normalized spacial score (nSPS) is 12.2. The van der Waals surface area contributed by atoms with E-state index in [2.05, 4.69) is 5.32 Å². The van der Waals surface area contributed by atoms with Crippen molar-refractivity contribution in [3.63, 3.8) is 0 Å². The van der Waals surface area contributed by atoms with E-state index >= 15 is 0 Å². The number of nitrogens with one attached hydrogen (secondary N) is 1. The highest BCUT2D eigenvalue weighted by atomic mass is 35.5. The predicted octanol–water partition coefficient (Wildman–Crippen LogP) is 4.34. The first-order valence-electron chi connectivity index (χ1n) is 6.42. The Hall–Kier alpha value is -1.58. The van der Waals surface area contributed by atoms with E-state index in [1.54, 1.807) is 19.2 Å². The molecular weight excluding hydrogens is 277 g/mol. The molecule has 1 N–H and O–H groups in total. The molecule has 0 aliphatic carbocycles. The van der Waals surface area contributed by atoms with Gasteiger partial charge in [0, 0.05) is 18.2 Å². The Morgan fingerprint density at radius 3 is 2.70 bits per heavy atom. The maximum absolute atomic E-state index is 13.1. The Morgan fingerprint density at radius 1 is 1.25 bits per heavy atom. The maximum atomic E-state index is 13.1. The van der Waals surface area contributed by atoms with E-state index in [-0.39, 0.29) is 11.1 Å². The Kier molecular flexibility index (Phi) is 4.99. The lowest BCUT2D eigenvalue weighted by Gasteiger charge is -2.16. The van der Waals surface area contributed by atoms with Gasteiger partial charge in [0.1, 0.15) is 11.6 Å². The maximum Gasteiger partial charge on any atom is 0.141 e. The smallest absolute Gasteiger partial charge is 0.141 e. The summed E-state index contributed by atoms with van der Waals surface area (Å²) in [5.74, 6) is 0.455. The van der Waals surface area contributed by atoms with Gasteiger partial charge in [0.25, 0.3) is 0 Å². The molecule has 1 unspecified atom stereocenters. The topological polar surface area (TPSA) is 21.3 Å². The van der Waals surface area contributed by atoms with Gasteiger partial charge in [-0.25, -0.2) is 4.39 Å². The van der Waals surface area contributed by atoms with Crippen molar-refractivity contribution in [1.82, 2.24) is 5.32 Å². The fourth-order valence-corrected chi connectivity index (χ4v) is 2.20. The summed E-state index contributed by atoms with van der Waals surface area (Å²) in [5, 5.41) is 3.52. The molecule has 0 saturated carbocycles. The molecule has 0 aliphatic rings. The average molecular weight is 294 g/mol. The molecule has 2 aromatic carbocycles. The number of hydrogen-bond acceptors (Lipinski definition) is 2. The van der Waals surface area contributed by atoms with Gasteiger partial charge in [-0.2, -0.15) is 0 Å². The lowest BCUT2D eigenvalue weighted by atomic mass is 10.1. The third kappa shape index (κ3) is 3.50. The molecule has 0 spiro atoms. The van der Waals surface area contributed by atoms with Crippen LogP contribution in [0.15, 0.2) is 42.5 Å². The first kappa shape index (κ1) is 14.8. The summed E-state index contributed by atoms with van der Waals surface area (Å²) in [6.45, 7) is 2.68. The van der Waals surface area contributed by atoms with Crippen LogP contribution in [0.4, 0.5) is 4.39 Å². The van der Waals surface area contributed by atoms with Crippen LogP contribution in [0.25, 0.3) is 0 Å². The van der Waals surface area contributed by atoms with Gasteiger partial charge < -0.3 is 10.1 Å². The molecule has 0 bridgehead atoms. The minimum atomic E-state index is -0.396. The van der Waals surface area contributed by atoms with Crippen LogP contribution in [0.3, 0.4) is 0 Å². The third-order valence-electron chi connectivity index (χ3n) is 3.23. The summed E-state index contributed by atoms with van der Waals surface area (Å²) in [5.41, 5.74) is 2.03. The SMILES string of the molecule is COc1ccccc1CNC(C)c1ccc(F)c(Cl)c1. The highest BCUT2D eigenvalue weighted by Gasteiger charge is 2.09. The predicted molar refractivity (Wildman–Crippen MR) is 79.7 cm³/mol. The van der Waals surface area contributed by atoms with E-state index < -0.39 is 5.82 Å². The van der Waals surface area contributed by atoms with Gasteiger partial charge in [0.05, 0.1) is 12.1 Å². The molecule has 2 rings (SSSR count). The fourth-order valence-electron chi connectivity index (χ4n) is 2.01. The van der Waals surface area contributed by atoms with Crippen LogP contribution >= 0.6 is 11.6 Å². The minimum Gasteiger partial charge on any atom is -0.496 e. The lowest BCUT2D eigenvalue weighted by Crippen LogP contribution is -2.18. The molecule has 20 heavy (non-hydrogen) atoms. The monoisotopic (exact) mass is 293 g/mol. The summed E-state index contributed by atoms with van der Waals surface area (Å²) in [4.78, 5) is 0. The fraction of sp³-hybridized carbons (Fsp3) is 0.250. The molecule has 2 nitrogen and oxygen atoms in total. The molecule has 0 fully saturated rings. The summed E-state index contributed by atoms with van der Waals surface area (Å²) in [6, 6.07) is 12.7. The summed E-state index contributed by atoms with van der Waals surface area (Å²) >= 11 is 5.80. The molecule has 0 aliphatic heterocycles. The summed E-state index contributed by atoms with van der Waals surface area (Å²) in [7, 11) is 1.65. The van der Waals surface area contributed by atoms with Gasteiger partial charge in [-0.05, 0) is 30.7 Å². The quantitative estimate of drug-likeness (QED) is 0.885. The second-order valence-electron chi connectivity index (χ2n) is 4.59. The molecule has 0 saturated heterocycles. The third-order valence-corrected chi connectivity index (χ3v) is 3.52. The largest absolute Gasteiger partial charge is 0.496 e. The van der Waals surface area contributed by atoms with Crippen LogP contribution in [-0.2, 0) is 6.54 Å². The Balaban J connectivity index is 2.04. The van der Waals surface area contributed by atoms with Gasteiger partial charge in [-0.3, -0.25) is 0 Å². The Labute approximate surface area is 123 Å². The van der Waals surface area contributed by atoms with Crippen LogP contribution in [0.1, 0.15) is 24.1 Å². The van der Waals surface area contributed by atoms with E-state index in [0.717, 1.165) is 16.9 Å². The van der Waals surface area contributed by atoms with Gasteiger partial charge in [-0.15, -0.1) is 0 Å². The van der Waals surface area contributed by atoms with Gasteiger partial charge >= 0.3 is 0 Å². The standard InChI is InChI=1S/C16H17ClFNO/c1-11(12-7-8-15(18)14(17)9-12)19-10-13-5-3-4-6-16(13)20-2/h3-9,11,19H,10H2,1-2H3. The number of methoxy groups -OCH3 is 1. The number of para-hydroxylation sites is 1. The van der Waals surface area contributed by atoms with E-state index in [4.69, 9.17) is 16.3 Å². The molecular formula is C16H17ClFNO. The molecule has 106 valence electrons. The van der Waals surface area contributed by atoms with Crippen molar-refractivity contribution in [2.75, 3.05) is 7.11 Å². The van der Waals surface area contributed by atoms with E-state index in [1.807, 2.05) is 31.2 Å². The van der Waals surface area contributed by atoms with Gasteiger partial charge in [0.2, 0.25) is 0 Å². The average Bonchev–Trinajstić information content (AvgIpc) is 2.47. The van der Waals surface area contributed by atoms with Gasteiger partial charge in [-0.1, -0.05) is 35.9 Å². The van der Waals surface area contributed by atoms with Crippen LogP contribution in [0.2, 0.25) is 5.02 Å². The molecule has 0 heterocycles. The first-order chi connectivity index (χ1) is 9.61. The molecule has 0 amide bonds. The van der Waals surface area contributed by atoms with E-state index in [1.165, 1.54) is 6.07 Å². The molecule has 1 atom stereocenters. The van der Waals surface area contributed by atoms with Crippen molar-refractivity contribution in [3.8, 4) is 5.75 Å². The Morgan fingerprint density at radius 2 is 2.00 bits per heavy atom. The minimum absolute atomic E-state index is 0.0676. The van der Waals surface area contributed by atoms with Crippen molar-refractivity contribution in [2.24, 2.45) is 0 Å². The number of hydrogen-bond donors (Lipinski definition) is 1.